The van der Waals surface area contributed by atoms with Crippen molar-refractivity contribution in [2.75, 3.05) is 31.5 Å². The van der Waals surface area contributed by atoms with E-state index in [0.717, 1.165) is 31.6 Å². The van der Waals surface area contributed by atoms with Crippen molar-refractivity contribution in [2.24, 2.45) is 11.8 Å². The number of hydrogen-bond acceptors (Lipinski definition) is 5. The Morgan fingerprint density at radius 3 is 2.21 bits per heavy atom. The molecule has 0 bridgehead atoms. The summed E-state index contributed by atoms with van der Waals surface area (Å²) in [6.45, 7) is 4.84. The molecule has 2 heterocycles. The van der Waals surface area contributed by atoms with E-state index in [1.165, 1.54) is 6.07 Å². The quantitative estimate of drug-likeness (QED) is 0.536. The van der Waals surface area contributed by atoms with E-state index < -0.39 is 4.92 Å². The molecule has 4 rings (SSSR count). The van der Waals surface area contributed by atoms with Crippen molar-refractivity contribution in [3.05, 3.63) is 64.2 Å². The van der Waals surface area contributed by atoms with E-state index in [-0.39, 0.29) is 29.0 Å². The molecular weight excluding hydrogens is 420 g/mol. The molecule has 1 N–H and O–H groups in total. The van der Waals surface area contributed by atoms with Gasteiger partial charge < -0.3 is 15.1 Å². The zero-order valence-corrected chi connectivity index (χ0v) is 18.9. The molecule has 174 valence electrons. The molecular formula is C25H30N4O4. The van der Waals surface area contributed by atoms with Crippen LogP contribution in [0.2, 0.25) is 0 Å². The summed E-state index contributed by atoms with van der Waals surface area (Å²) in [4.78, 5) is 40.7. The smallest absolute Gasteiger partial charge is 0.293 e. The Balaban J connectivity index is 1.39. The second-order valence-electron chi connectivity index (χ2n) is 9.05. The van der Waals surface area contributed by atoms with Crippen LogP contribution >= 0.6 is 0 Å². The van der Waals surface area contributed by atoms with Crippen LogP contribution in [0.3, 0.4) is 0 Å². The summed E-state index contributed by atoms with van der Waals surface area (Å²) < 4.78 is 0. The number of nitro groups is 1. The largest absolute Gasteiger partial charge is 0.350 e. The Morgan fingerprint density at radius 1 is 0.939 bits per heavy atom. The van der Waals surface area contributed by atoms with Crippen molar-refractivity contribution in [3.8, 4) is 0 Å². The average molecular weight is 451 g/mol. The zero-order valence-electron chi connectivity index (χ0n) is 18.9. The molecule has 0 aliphatic carbocycles. The number of carbonyl (C=O) groups is 2. The van der Waals surface area contributed by atoms with Gasteiger partial charge in [0.1, 0.15) is 5.69 Å². The molecule has 2 aromatic carbocycles. The molecule has 0 aromatic heterocycles. The first-order valence-electron chi connectivity index (χ1n) is 11.6. The number of rotatable bonds is 5. The Morgan fingerprint density at radius 2 is 1.58 bits per heavy atom. The number of nitro benzene ring substituents is 1. The normalized spacial score (nSPS) is 17.6. The van der Waals surface area contributed by atoms with Crippen LogP contribution in [0.15, 0.2) is 48.5 Å². The van der Waals surface area contributed by atoms with Crippen molar-refractivity contribution in [1.82, 2.24) is 9.80 Å². The summed E-state index contributed by atoms with van der Waals surface area (Å²) in [5.41, 5.74) is 1.21. The number of hydrogen-bond donors (Lipinski definition) is 1. The molecule has 2 saturated heterocycles. The molecule has 33 heavy (non-hydrogen) atoms. The molecule has 8 nitrogen and oxygen atoms in total. The van der Waals surface area contributed by atoms with E-state index in [9.17, 15) is 19.7 Å². The van der Waals surface area contributed by atoms with Gasteiger partial charge in [-0.25, -0.2) is 0 Å². The molecule has 2 aliphatic rings. The maximum Gasteiger partial charge on any atom is 0.293 e. The molecule has 0 spiro atoms. The van der Waals surface area contributed by atoms with Gasteiger partial charge in [-0.3, -0.25) is 19.7 Å². The minimum Gasteiger partial charge on any atom is -0.350 e. The molecule has 2 aliphatic heterocycles. The van der Waals surface area contributed by atoms with Gasteiger partial charge in [0.25, 0.3) is 11.6 Å². The summed E-state index contributed by atoms with van der Waals surface area (Å²) in [5.74, 6) is 0.601. The lowest BCUT2D eigenvalue weighted by atomic mass is 9.92. The summed E-state index contributed by atoms with van der Waals surface area (Å²) in [5, 5.41) is 14.7. The third-order valence-electron chi connectivity index (χ3n) is 6.72. The molecule has 2 fully saturated rings. The minimum absolute atomic E-state index is 0.0470. The van der Waals surface area contributed by atoms with Crippen LogP contribution in [0.4, 0.5) is 17.1 Å². The van der Waals surface area contributed by atoms with Crippen LogP contribution in [0.1, 0.15) is 43.0 Å². The summed E-state index contributed by atoms with van der Waals surface area (Å²) in [7, 11) is 0. The molecule has 0 radical (unpaired) electrons. The van der Waals surface area contributed by atoms with E-state index in [0.29, 0.717) is 37.5 Å². The van der Waals surface area contributed by atoms with Gasteiger partial charge in [0.15, 0.2) is 0 Å². The predicted molar refractivity (Wildman–Crippen MR) is 126 cm³/mol. The minimum atomic E-state index is -0.480. The van der Waals surface area contributed by atoms with Gasteiger partial charge in [0, 0.05) is 49.4 Å². The third-order valence-corrected chi connectivity index (χ3v) is 6.72. The maximum atomic E-state index is 13.0. The van der Waals surface area contributed by atoms with E-state index in [1.54, 1.807) is 17.0 Å². The second kappa shape index (κ2) is 10.0. The van der Waals surface area contributed by atoms with Gasteiger partial charge in [0.05, 0.1) is 4.92 Å². The number of nitrogens with one attached hydrogen (secondary N) is 1. The first-order valence-corrected chi connectivity index (χ1v) is 11.6. The van der Waals surface area contributed by atoms with Gasteiger partial charge in [-0.15, -0.1) is 0 Å². The SMILES string of the molecule is CC1CCN(C(=O)C2CCN(C(=O)c3ccc(Nc4ccccc4)c([N+](=O)[O-])c3)CC2)CC1. The zero-order chi connectivity index (χ0) is 23.4. The lowest BCUT2D eigenvalue weighted by Gasteiger charge is -2.36. The van der Waals surface area contributed by atoms with Crippen LogP contribution in [0, 0.1) is 22.0 Å². The molecule has 2 aromatic rings. The maximum absolute atomic E-state index is 13.0. The fraction of sp³-hybridized carbons (Fsp3) is 0.440. The lowest BCUT2D eigenvalue weighted by Crippen LogP contribution is -2.46. The Bertz CT molecular complexity index is 1010. The number of anilines is 2. The van der Waals surface area contributed by atoms with E-state index in [1.807, 2.05) is 35.2 Å². The van der Waals surface area contributed by atoms with Crippen LogP contribution in [0.25, 0.3) is 0 Å². The first-order chi connectivity index (χ1) is 15.9. The van der Waals surface area contributed by atoms with Gasteiger partial charge >= 0.3 is 0 Å². The average Bonchev–Trinajstić information content (AvgIpc) is 2.84. The second-order valence-corrected chi connectivity index (χ2v) is 9.05. The molecule has 0 unspecified atom stereocenters. The highest BCUT2D eigenvalue weighted by atomic mass is 16.6. The van der Waals surface area contributed by atoms with Gasteiger partial charge in [0.2, 0.25) is 5.91 Å². The van der Waals surface area contributed by atoms with Crippen molar-refractivity contribution in [1.29, 1.82) is 0 Å². The predicted octanol–water partition coefficient (Wildman–Crippen LogP) is 4.45. The topological polar surface area (TPSA) is 95.8 Å². The van der Waals surface area contributed by atoms with E-state index >= 15 is 0 Å². The molecule has 0 saturated carbocycles. The van der Waals surface area contributed by atoms with Crippen molar-refractivity contribution in [2.45, 2.75) is 32.6 Å². The molecule has 0 atom stereocenters. The highest BCUT2D eigenvalue weighted by molar-refractivity contribution is 5.96. The number of para-hydroxylation sites is 1. The molecule has 2 amide bonds. The fourth-order valence-corrected chi connectivity index (χ4v) is 4.60. The highest BCUT2D eigenvalue weighted by Gasteiger charge is 2.32. The number of benzene rings is 2. The van der Waals surface area contributed by atoms with Gasteiger partial charge in [-0.05, 0) is 55.9 Å². The number of nitrogens with zero attached hydrogens (tertiary/aromatic N) is 3. The molecule has 8 heteroatoms. The number of carbonyl (C=O) groups excluding carboxylic acids is 2. The summed E-state index contributed by atoms with van der Waals surface area (Å²) in [6, 6.07) is 13.7. The van der Waals surface area contributed by atoms with Crippen molar-refractivity contribution in [3.63, 3.8) is 0 Å². The Hall–Kier alpha value is -3.42. The van der Waals surface area contributed by atoms with E-state index in [2.05, 4.69) is 12.2 Å². The van der Waals surface area contributed by atoms with Crippen LogP contribution in [-0.2, 0) is 4.79 Å². The lowest BCUT2D eigenvalue weighted by molar-refractivity contribution is -0.383. The number of piperidine rings is 2. The van der Waals surface area contributed by atoms with Gasteiger partial charge in [-0.2, -0.15) is 0 Å². The third kappa shape index (κ3) is 5.32. The van der Waals surface area contributed by atoms with E-state index in [4.69, 9.17) is 0 Å². The first kappa shape index (κ1) is 22.8. The van der Waals surface area contributed by atoms with Crippen LogP contribution in [-0.4, -0.2) is 52.7 Å². The highest BCUT2D eigenvalue weighted by Crippen LogP contribution is 2.30. The monoisotopic (exact) mass is 450 g/mol. The Labute approximate surface area is 193 Å². The fourth-order valence-electron chi connectivity index (χ4n) is 4.60. The van der Waals surface area contributed by atoms with Crippen molar-refractivity contribution < 1.29 is 14.5 Å². The number of amides is 2. The Kier molecular flexibility index (Phi) is 6.91. The summed E-state index contributed by atoms with van der Waals surface area (Å²) in [6.07, 6.45) is 3.37. The van der Waals surface area contributed by atoms with Gasteiger partial charge in [-0.1, -0.05) is 25.1 Å². The standard InChI is InChI=1S/C25H30N4O4/c1-18-9-13-27(14-10-18)24(30)19-11-15-28(16-12-19)25(31)20-7-8-22(23(17-20)29(32)33)26-21-5-3-2-4-6-21/h2-8,17-19,26H,9-16H2,1H3. The van der Waals surface area contributed by atoms with Crippen molar-refractivity contribution >= 4 is 28.9 Å². The van der Waals surface area contributed by atoms with Crippen LogP contribution < -0.4 is 5.32 Å². The van der Waals surface area contributed by atoms with Crippen LogP contribution in [0.5, 0.6) is 0 Å². The summed E-state index contributed by atoms with van der Waals surface area (Å²) >= 11 is 0. The number of likely N-dealkylation sites (tertiary alicyclic amines) is 2.